The molecule has 1 fully saturated rings. The highest BCUT2D eigenvalue weighted by Crippen LogP contribution is 2.27. The summed E-state index contributed by atoms with van der Waals surface area (Å²) in [6.07, 6.45) is 12.8. The number of rotatable bonds is 7. The number of nitrogens with zero attached hydrogens (tertiary/aromatic N) is 4. The number of hydrogen-bond donors (Lipinski definition) is 2. The molecule has 0 amide bonds. The van der Waals surface area contributed by atoms with E-state index in [2.05, 4.69) is 81.3 Å². The Balaban J connectivity index is 0.000000145. The van der Waals surface area contributed by atoms with Crippen LogP contribution in [0.25, 0.3) is 33.8 Å². The lowest BCUT2D eigenvalue weighted by Gasteiger charge is -2.03. The van der Waals surface area contributed by atoms with Gasteiger partial charge in [0, 0.05) is 77.4 Å². The Bertz CT molecular complexity index is 1740. The summed E-state index contributed by atoms with van der Waals surface area (Å²) >= 11 is 1.75. The van der Waals surface area contributed by atoms with E-state index in [1.54, 1.807) is 18.9 Å². The predicted molar refractivity (Wildman–Crippen MR) is 166 cm³/mol. The largest absolute Gasteiger partial charge is 0.497 e. The van der Waals surface area contributed by atoms with Crippen LogP contribution in [0.5, 0.6) is 5.75 Å². The van der Waals surface area contributed by atoms with E-state index < -0.39 is 0 Å². The molecule has 0 aliphatic heterocycles. The molecule has 0 saturated heterocycles. The van der Waals surface area contributed by atoms with Gasteiger partial charge < -0.3 is 24.2 Å². The van der Waals surface area contributed by atoms with E-state index >= 15 is 0 Å². The van der Waals surface area contributed by atoms with Gasteiger partial charge in [-0.2, -0.15) is 0 Å². The van der Waals surface area contributed by atoms with Gasteiger partial charge in [-0.05, 0) is 67.6 Å². The van der Waals surface area contributed by atoms with E-state index in [4.69, 9.17) is 9.72 Å². The lowest BCUT2D eigenvalue weighted by atomic mass is 10.2. The molecule has 7 nitrogen and oxygen atoms in total. The summed E-state index contributed by atoms with van der Waals surface area (Å²) in [6.45, 7) is 0. The van der Waals surface area contributed by atoms with Gasteiger partial charge in [-0.1, -0.05) is 12.1 Å². The first-order valence-corrected chi connectivity index (χ1v) is 14.5. The minimum atomic E-state index is 0.656. The molecule has 6 aromatic rings. The summed E-state index contributed by atoms with van der Waals surface area (Å²) in [7, 11) is 3.59. The molecular formula is C32H32N6OS. The van der Waals surface area contributed by atoms with Gasteiger partial charge in [0.25, 0.3) is 0 Å². The molecule has 8 heteroatoms. The monoisotopic (exact) mass is 548 g/mol. The second kappa shape index (κ2) is 11.4. The number of nitrogens with one attached hydrogen (secondary N) is 2. The number of fused-ring (bicyclic) bond motifs is 2. The van der Waals surface area contributed by atoms with E-state index in [1.807, 2.05) is 54.0 Å². The first-order chi connectivity index (χ1) is 19.6. The number of hydrogen-bond acceptors (Lipinski definition) is 6. The van der Waals surface area contributed by atoms with Gasteiger partial charge in [-0.15, -0.1) is 11.8 Å². The molecular weight excluding hydrogens is 516 g/mol. The first kappa shape index (κ1) is 25.8. The van der Waals surface area contributed by atoms with Crippen molar-refractivity contribution < 1.29 is 4.74 Å². The minimum absolute atomic E-state index is 0.656. The quantitative estimate of drug-likeness (QED) is 0.203. The lowest BCUT2D eigenvalue weighted by molar-refractivity contribution is 0.415. The summed E-state index contributed by atoms with van der Waals surface area (Å²) in [6, 6.07) is 25.4. The Hall–Kier alpha value is -4.43. The van der Waals surface area contributed by atoms with Gasteiger partial charge in [0.05, 0.1) is 18.5 Å². The fourth-order valence-corrected chi connectivity index (χ4v) is 4.88. The summed E-state index contributed by atoms with van der Waals surface area (Å²) in [5.41, 5.74) is 8.35. The van der Waals surface area contributed by atoms with Gasteiger partial charge in [0.15, 0.2) is 0 Å². The van der Waals surface area contributed by atoms with Crippen molar-refractivity contribution in [1.82, 2.24) is 18.8 Å². The lowest BCUT2D eigenvalue weighted by Crippen LogP contribution is -2.00. The molecule has 7 rings (SSSR count). The number of aromatic nitrogens is 4. The maximum atomic E-state index is 5.19. The highest BCUT2D eigenvalue weighted by Gasteiger charge is 2.20. The molecule has 0 atom stereocenters. The second-order valence-electron chi connectivity index (χ2n) is 9.74. The van der Waals surface area contributed by atoms with Crippen LogP contribution in [0.1, 0.15) is 12.8 Å². The molecule has 0 radical (unpaired) electrons. The van der Waals surface area contributed by atoms with Crippen molar-refractivity contribution in [3.8, 4) is 28.3 Å². The summed E-state index contributed by atoms with van der Waals surface area (Å²) < 4.78 is 9.28. The van der Waals surface area contributed by atoms with Crippen LogP contribution in [-0.4, -0.2) is 45.2 Å². The maximum Gasteiger partial charge on any atom is 0.139 e. The Kier molecular flexibility index (Phi) is 7.33. The van der Waals surface area contributed by atoms with Gasteiger partial charge in [0.1, 0.15) is 17.0 Å². The minimum Gasteiger partial charge on any atom is -0.497 e. The number of imidazole rings is 2. The zero-order chi connectivity index (χ0) is 27.5. The van der Waals surface area contributed by atoms with Crippen molar-refractivity contribution in [2.24, 2.45) is 0 Å². The summed E-state index contributed by atoms with van der Waals surface area (Å²) in [5.74, 6) is 0.860. The number of benzene rings is 2. The summed E-state index contributed by atoms with van der Waals surface area (Å²) in [5, 5.41) is 6.63. The molecule has 202 valence electrons. The molecule has 4 heterocycles. The van der Waals surface area contributed by atoms with Gasteiger partial charge in [0.2, 0.25) is 0 Å². The number of methoxy groups -OCH3 is 1. The molecule has 2 N–H and O–H groups in total. The van der Waals surface area contributed by atoms with Crippen LogP contribution in [-0.2, 0) is 0 Å². The van der Waals surface area contributed by atoms with Crippen molar-refractivity contribution in [3.05, 3.63) is 97.6 Å². The zero-order valence-corrected chi connectivity index (χ0v) is 23.7. The molecule has 1 saturated carbocycles. The van der Waals surface area contributed by atoms with Crippen molar-refractivity contribution in [3.63, 3.8) is 0 Å². The SMILES string of the molecule is CNc1ccn2cc(-c3ccc(SC)cc3)nc2c1.COc1ccc(-c2cn3ccc(NC4CC4)cc3n2)cc1. The summed E-state index contributed by atoms with van der Waals surface area (Å²) in [4.78, 5) is 10.6. The fourth-order valence-electron chi connectivity index (χ4n) is 4.47. The van der Waals surface area contributed by atoms with Gasteiger partial charge in [-0.25, -0.2) is 9.97 Å². The molecule has 0 spiro atoms. The van der Waals surface area contributed by atoms with E-state index in [9.17, 15) is 0 Å². The van der Waals surface area contributed by atoms with Crippen molar-refractivity contribution in [1.29, 1.82) is 0 Å². The molecule has 0 bridgehead atoms. The maximum absolute atomic E-state index is 5.19. The normalized spacial score (nSPS) is 12.7. The molecule has 4 aromatic heterocycles. The number of pyridine rings is 2. The Morgan fingerprint density at radius 2 is 1.32 bits per heavy atom. The van der Waals surface area contributed by atoms with Crippen molar-refractivity contribution in [2.75, 3.05) is 31.0 Å². The highest BCUT2D eigenvalue weighted by atomic mass is 32.2. The molecule has 1 aliphatic carbocycles. The topological polar surface area (TPSA) is 67.9 Å². The number of thioether (sulfide) groups is 1. The van der Waals surface area contributed by atoms with Gasteiger partial charge in [-0.3, -0.25) is 0 Å². The second-order valence-corrected chi connectivity index (χ2v) is 10.6. The predicted octanol–water partition coefficient (Wildman–Crippen LogP) is 7.35. The standard InChI is InChI=1S/C17H17N3O.C15H15N3S/c1-21-15-6-2-12(3-7-15)16-11-20-9-8-14(10-17(20)19-16)18-13-4-5-13;1-16-12-7-8-18-10-14(17-15(18)9-12)11-3-5-13(19-2)6-4-11/h2-3,6-11,13,18H,4-5H2,1H3;3-10,16H,1-2H3. The van der Waals surface area contributed by atoms with Crippen molar-refractivity contribution in [2.45, 2.75) is 23.8 Å². The zero-order valence-electron chi connectivity index (χ0n) is 22.8. The van der Waals surface area contributed by atoms with Crippen LogP contribution in [0.15, 0.2) is 102 Å². The molecule has 2 aromatic carbocycles. The van der Waals surface area contributed by atoms with E-state index in [0.29, 0.717) is 6.04 Å². The first-order valence-electron chi connectivity index (χ1n) is 13.3. The Labute approximate surface area is 238 Å². The van der Waals surface area contributed by atoms with Crippen LogP contribution in [0, 0.1) is 0 Å². The smallest absolute Gasteiger partial charge is 0.139 e. The van der Waals surface area contributed by atoms with Gasteiger partial charge >= 0.3 is 0 Å². The van der Waals surface area contributed by atoms with Crippen molar-refractivity contribution >= 4 is 34.4 Å². The van der Waals surface area contributed by atoms with Crippen LogP contribution in [0.4, 0.5) is 11.4 Å². The number of ether oxygens (including phenoxy) is 1. The third kappa shape index (κ3) is 5.77. The van der Waals surface area contributed by atoms with E-state index in [-0.39, 0.29) is 0 Å². The fraction of sp³-hybridized carbons (Fsp3) is 0.188. The van der Waals surface area contributed by atoms with Crippen LogP contribution in [0.3, 0.4) is 0 Å². The third-order valence-electron chi connectivity index (χ3n) is 6.93. The average Bonchev–Trinajstić information content (AvgIpc) is 3.55. The third-order valence-corrected chi connectivity index (χ3v) is 7.67. The Morgan fingerprint density at radius 1 is 0.775 bits per heavy atom. The van der Waals surface area contributed by atoms with Crippen LogP contribution in [0.2, 0.25) is 0 Å². The van der Waals surface area contributed by atoms with E-state index in [1.165, 1.54) is 17.7 Å². The number of anilines is 2. The van der Waals surface area contributed by atoms with Crippen LogP contribution < -0.4 is 15.4 Å². The Morgan fingerprint density at radius 3 is 1.85 bits per heavy atom. The molecule has 40 heavy (non-hydrogen) atoms. The van der Waals surface area contributed by atoms with Crippen LogP contribution >= 0.6 is 11.8 Å². The van der Waals surface area contributed by atoms with E-state index in [0.717, 1.165) is 50.9 Å². The molecule has 0 unspecified atom stereocenters. The highest BCUT2D eigenvalue weighted by molar-refractivity contribution is 7.98. The molecule has 1 aliphatic rings. The average molecular weight is 549 g/mol.